The van der Waals surface area contributed by atoms with E-state index in [0.717, 1.165) is 32.7 Å². The molecule has 0 saturated carbocycles. The predicted octanol–water partition coefficient (Wildman–Crippen LogP) is 7.87. The van der Waals surface area contributed by atoms with Gasteiger partial charge in [-0.1, -0.05) is 36.4 Å². The van der Waals surface area contributed by atoms with Gasteiger partial charge in [0.15, 0.2) is 11.6 Å². The predicted molar refractivity (Wildman–Crippen MR) is 198 cm³/mol. The summed E-state index contributed by atoms with van der Waals surface area (Å²) in [6, 6.07) is 27.1. The highest BCUT2D eigenvalue weighted by Crippen LogP contribution is 2.30. The molecule has 0 saturated heterocycles. The molecule has 0 bridgehead atoms. The fraction of sp³-hybridized carbons (Fsp3) is 0.111. The van der Waals surface area contributed by atoms with Crippen LogP contribution in [0.1, 0.15) is 16.7 Å². The van der Waals surface area contributed by atoms with Crippen LogP contribution in [0.15, 0.2) is 121 Å². The van der Waals surface area contributed by atoms with Crippen LogP contribution in [-0.2, 0) is 9.59 Å². The molecular formula is C36H30BBrF2N2O4S2. The fourth-order valence-electron chi connectivity index (χ4n) is 4.35. The summed E-state index contributed by atoms with van der Waals surface area (Å²) in [7, 11) is 3.50. The van der Waals surface area contributed by atoms with Gasteiger partial charge in [-0.05, 0) is 106 Å². The summed E-state index contributed by atoms with van der Waals surface area (Å²) < 4.78 is 25.7. The maximum absolute atomic E-state index is 13.1. The normalized spacial score (nSPS) is 13.5. The first-order valence-electron chi connectivity index (χ1n) is 14.2. The SMILES string of the molecule is CSc1ccc(C2=C(Br)C(=O)CN=C2)cc1.CSc1ccc(C2=C(c3ccc(F)cc3)C(=O)CN=C2)cc1.Oc1ccc(F)cc1.[B]O. The lowest BCUT2D eigenvalue weighted by Crippen LogP contribution is -2.13. The molecule has 4 aromatic rings. The lowest BCUT2D eigenvalue weighted by molar-refractivity contribution is -0.114. The molecule has 0 unspecified atom stereocenters. The molecule has 0 amide bonds. The summed E-state index contributed by atoms with van der Waals surface area (Å²) in [5, 5.41) is 15.1. The largest absolute Gasteiger partial charge is 0.508 e. The van der Waals surface area contributed by atoms with Gasteiger partial charge in [0.05, 0.1) is 4.48 Å². The molecule has 2 aliphatic rings. The Morgan fingerprint density at radius 2 is 1.02 bits per heavy atom. The number of phenolic OH excluding ortho intramolecular Hbond substituents is 1. The summed E-state index contributed by atoms with van der Waals surface area (Å²) in [4.78, 5) is 34.3. The lowest BCUT2D eigenvalue weighted by Gasteiger charge is -2.15. The molecule has 2 heterocycles. The summed E-state index contributed by atoms with van der Waals surface area (Å²) >= 11 is 6.69. The first kappa shape index (κ1) is 38.4. The van der Waals surface area contributed by atoms with Crippen molar-refractivity contribution in [2.45, 2.75) is 9.79 Å². The molecule has 6 rings (SSSR count). The number of dihydropyridines is 2. The Balaban J connectivity index is 0.000000210. The number of thioether (sulfide) groups is 2. The van der Waals surface area contributed by atoms with E-state index in [9.17, 15) is 18.4 Å². The smallest absolute Gasteiger partial charge is 0.277 e. The van der Waals surface area contributed by atoms with Gasteiger partial charge in [-0.25, -0.2) is 8.78 Å². The van der Waals surface area contributed by atoms with Crippen molar-refractivity contribution in [2.75, 3.05) is 25.6 Å². The first-order chi connectivity index (χ1) is 23.2. The zero-order chi connectivity index (χ0) is 35.1. The number of carbonyl (C=O) groups is 2. The van der Waals surface area contributed by atoms with Crippen LogP contribution in [0, 0.1) is 11.6 Å². The molecule has 0 fully saturated rings. The molecule has 2 aliphatic heterocycles. The molecule has 0 aromatic heterocycles. The molecule has 48 heavy (non-hydrogen) atoms. The number of rotatable bonds is 5. The van der Waals surface area contributed by atoms with Gasteiger partial charge >= 0.3 is 0 Å². The number of nitrogens with zero attached hydrogens (tertiary/aromatic N) is 2. The molecule has 2 radical (unpaired) electrons. The standard InChI is InChI=1S/C18H14FNOS.C12H10BrNOS.C6H5FO.BHO/c1-22-15-8-4-12(5-9-15)16-10-20-11-17(21)18(16)13-2-6-14(19)7-3-13;1-16-9-4-2-8(3-5-9)10-6-14-7-11(15)12(10)13;7-5-1-3-6(8)4-2-5;1-2/h2-10H,11H2,1H3;2-6H,7H2,1H3;1-4,8H;2H. The van der Waals surface area contributed by atoms with Gasteiger partial charge in [0, 0.05) is 38.9 Å². The van der Waals surface area contributed by atoms with Crippen LogP contribution in [0.25, 0.3) is 16.7 Å². The van der Waals surface area contributed by atoms with E-state index in [-0.39, 0.29) is 42.0 Å². The lowest BCUT2D eigenvalue weighted by atomic mass is 9.91. The maximum Gasteiger partial charge on any atom is 0.277 e. The van der Waals surface area contributed by atoms with Crippen LogP contribution in [0.3, 0.4) is 0 Å². The topological polar surface area (TPSA) is 99.3 Å². The van der Waals surface area contributed by atoms with E-state index >= 15 is 0 Å². The second-order valence-electron chi connectivity index (χ2n) is 9.74. The van der Waals surface area contributed by atoms with Gasteiger partial charge in [-0.2, -0.15) is 0 Å². The Hall–Kier alpha value is -4.10. The van der Waals surface area contributed by atoms with Crippen molar-refractivity contribution in [1.82, 2.24) is 0 Å². The minimum Gasteiger partial charge on any atom is -0.508 e. The van der Waals surface area contributed by atoms with Crippen LogP contribution >= 0.6 is 39.5 Å². The molecule has 0 atom stereocenters. The monoisotopic (exact) mass is 746 g/mol. The number of Topliss-reactive ketones (excluding diaryl/α,β-unsaturated/α-hetero) is 2. The van der Waals surface area contributed by atoms with Crippen LogP contribution in [0.4, 0.5) is 8.78 Å². The number of phenols is 1. The zero-order valence-electron chi connectivity index (χ0n) is 25.9. The van der Waals surface area contributed by atoms with E-state index in [1.165, 1.54) is 41.3 Å². The minimum atomic E-state index is -0.331. The number of aliphatic imine (C=N–C) groups is 2. The minimum absolute atomic E-state index is 0.0337. The quantitative estimate of drug-likeness (QED) is 0.159. The van der Waals surface area contributed by atoms with Gasteiger partial charge in [0.2, 0.25) is 0 Å². The Morgan fingerprint density at radius 3 is 1.48 bits per heavy atom. The Bertz CT molecular complexity index is 1790. The van der Waals surface area contributed by atoms with Gasteiger partial charge in [-0.15, -0.1) is 23.5 Å². The Kier molecular flexibility index (Phi) is 15.7. The van der Waals surface area contributed by atoms with Crippen molar-refractivity contribution >= 4 is 88.2 Å². The van der Waals surface area contributed by atoms with E-state index in [1.54, 1.807) is 48.1 Å². The Labute approximate surface area is 296 Å². The average Bonchev–Trinajstić information content (AvgIpc) is 3.13. The highest BCUT2D eigenvalue weighted by molar-refractivity contribution is 9.12. The van der Waals surface area contributed by atoms with E-state index in [4.69, 9.17) is 10.1 Å². The average molecular weight is 747 g/mol. The van der Waals surface area contributed by atoms with Gasteiger partial charge < -0.3 is 10.1 Å². The molecule has 6 nitrogen and oxygen atoms in total. The first-order valence-corrected chi connectivity index (χ1v) is 17.4. The molecule has 0 aliphatic carbocycles. The van der Waals surface area contributed by atoms with Crippen molar-refractivity contribution in [3.8, 4) is 5.75 Å². The number of allylic oxidation sites excluding steroid dienone is 2. The third kappa shape index (κ3) is 11.0. The summed E-state index contributed by atoms with van der Waals surface area (Å²) in [5.41, 5.74) is 4.93. The maximum atomic E-state index is 13.1. The zero-order valence-corrected chi connectivity index (χ0v) is 29.2. The van der Waals surface area contributed by atoms with Crippen molar-refractivity contribution < 1.29 is 28.5 Å². The number of carbonyl (C=O) groups excluding carboxylic acids is 2. The van der Waals surface area contributed by atoms with Gasteiger partial charge in [0.25, 0.3) is 8.05 Å². The van der Waals surface area contributed by atoms with Crippen molar-refractivity contribution in [3.63, 3.8) is 0 Å². The van der Waals surface area contributed by atoms with Crippen LogP contribution in [0.5, 0.6) is 5.75 Å². The second kappa shape index (κ2) is 19.7. The number of ketones is 2. The van der Waals surface area contributed by atoms with E-state index < -0.39 is 0 Å². The molecule has 244 valence electrons. The van der Waals surface area contributed by atoms with Crippen LogP contribution in [0.2, 0.25) is 0 Å². The Morgan fingerprint density at radius 1 is 0.625 bits per heavy atom. The van der Waals surface area contributed by atoms with Crippen LogP contribution in [-0.4, -0.2) is 67.8 Å². The number of aromatic hydroxyl groups is 1. The third-order valence-electron chi connectivity index (χ3n) is 6.70. The fourth-order valence-corrected chi connectivity index (χ4v) is 5.62. The van der Waals surface area contributed by atoms with Crippen molar-refractivity contribution in [3.05, 3.63) is 130 Å². The number of halogens is 3. The summed E-state index contributed by atoms with van der Waals surface area (Å²) in [5.74, 6) is -0.564. The summed E-state index contributed by atoms with van der Waals surface area (Å²) in [6.07, 6.45) is 7.54. The van der Waals surface area contributed by atoms with Gasteiger partial charge in [0.1, 0.15) is 30.5 Å². The van der Waals surface area contributed by atoms with Gasteiger partial charge in [-0.3, -0.25) is 19.6 Å². The molecule has 12 heteroatoms. The van der Waals surface area contributed by atoms with E-state index in [1.807, 2.05) is 61.0 Å². The molecular weight excluding hydrogens is 717 g/mol. The van der Waals surface area contributed by atoms with E-state index in [0.29, 0.717) is 10.1 Å². The summed E-state index contributed by atoms with van der Waals surface area (Å²) in [6.45, 7) is 0.381. The number of hydrogen-bond acceptors (Lipinski definition) is 8. The van der Waals surface area contributed by atoms with Crippen molar-refractivity contribution in [2.24, 2.45) is 9.98 Å². The number of hydrogen-bond donors (Lipinski definition) is 2. The number of benzene rings is 4. The highest BCUT2D eigenvalue weighted by Gasteiger charge is 2.21. The van der Waals surface area contributed by atoms with Crippen molar-refractivity contribution in [1.29, 1.82) is 0 Å². The van der Waals surface area contributed by atoms with Crippen LogP contribution < -0.4 is 0 Å². The highest BCUT2D eigenvalue weighted by atomic mass is 79.9. The molecule has 2 N–H and O–H groups in total. The molecule has 0 spiro atoms. The molecule has 4 aromatic carbocycles. The third-order valence-corrected chi connectivity index (χ3v) is 9.06. The van der Waals surface area contributed by atoms with E-state index in [2.05, 4.69) is 34.0 Å². The second-order valence-corrected chi connectivity index (χ2v) is 12.3.